The Kier molecular flexibility index (Phi) is 4.88. The molecule has 0 aromatic carbocycles. The number of likely N-dealkylation sites (tertiary alicyclic amines) is 1. The molecule has 2 heterocycles. The molecule has 1 N–H and O–H groups in total. The van der Waals surface area contributed by atoms with Crippen LogP contribution in [0, 0.1) is 5.92 Å². The fourth-order valence-electron chi connectivity index (χ4n) is 2.92. The monoisotopic (exact) mass is 318 g/mol. The third-order valence-corrected chi connectivity index (χ3v) is 5.08. The molecular formula is C13H22N2O5S. The van der Waals surface area contributed by atoms with Gasteiger partial charge in [-0.2, -0.15) is 0 Å². The van der Waals surface area contributed by atoms with Gasteiger partial charge in [-0.25, -0.2) is 8.42 Å². The van der Waals surface area contributed by atoms with Crippen molar-refractivity contribution in [3.8, 4) is 0 Å². The van der Waals surface area contributed by atoms with Gasteiger partial charge in [0.25, 0.3) is 0 Å². The van der Waals surface area contributed by atoms with Gasteiger partial charge in [-0.05, 0) is 18.8 Å². The van der Waals surface area contributed by atoms with Crippen molar-refractivity contribution >= 4 is 21.7 Å². The first-order valence-corrected chi connectivity index (χ1v) is 9.19. The minimum atomic E-state index is -3.13. The molecule has 0 saturated carbocycles. The van der Waals surface area contributed by atoms with Gasteiger partial charge in [0, 0.05) is 32.8 Å². The number of carbonyl (C=O) groups excluding carboxylic acids is 2. The van der Waals surface area contributed by atoms with Gasteiger partial charge in [0.15, 0.2) is 0 Å². The van der Waals surface area contributed by atoms with Crippen molar-refractivity contribution in [3.05, 3.63) is 0 Å². The van der Waals surface area contributed by atoms with E-state index in [1.54, 1.807) is 11.9 Å². The molecule has 21 heavy (non-hydrogen) atoms. The number of likely N-dealkylation sites (N-methyl/N-ethyl adjacent to an activating group) is 1. The van der Waals surface area contributed by atoms with Crippen LogP contribution in [0.15, 0.2) is 0 Å². The fourth-order valence-corrected chi connectivity index (χ4v) is 3.46. The lowest BCUT2D eigenvalue weighted by Crippen LogP contribution is -2.45. The first-order valence-electron chi connectivity index (χ1n) is 7.12. The number of piperidine rings is 1. The van der Waals surface area contributed by atoms with Gasteiger partial charge in [-0.3, -0.25) is 9.59 Å². The summed E-state index contributed by atoms with van der Waals surface area (Å²) in [5.74, 6) is -0.116. The molecule has 7 nitrogen and oxygen atoms in total. The van der Waals surface area contributed by atoms with Gasteiger partial charge < -0.3 is 15.0 Å². The Hall–Kier alpha value is -1.15. The Balaban J connectivity index is 1.88. The zero-order valence-corrected chi connectivity index (χ0v) is 13.2. The number of rotatable bonds is 4. The lowest BCUT2D eigenvalue weighted by atomic mass is 9.91. The summed E-state index contributed by atoms with van der Waals surface area (Å²) >= 11 is 0. The van der Waals surface area contributed by atoms with Gasteiger partial charge in [0.05, 0.1) is 11.9 Å². The second kappa shape index (κ2) is 6.31. The smallest absolute Gasteiger partial charge is 0.248 e. The maximum absolute atomic E-state index is 12.0. The third-order valence-electron chi connectivity index (χ3n) is 4.13. The quantitative estimate of drug-likeness (QED) is 0.730. The summed E-state index contributed by atoms with van der Waals surface area (Å²) in [5.41, 5.74) is 0. The predicted molar refractivity (Wildman–Crippen MR) is 76.4 cm³/mol. The predicted octanol–water partition coefficient (Wildman–Crippen LogP) is -0.827. The number of hydrogen-bond acceptors (Lipinski definition) is 5. The van der Waals surface area contributed by atoms with E-state index in [1.165, 1.54) is 0 Å². The zero-order valence-electron chi connectivity index (χ0n) is 12.4. The van der Waals surface area contributed by atoms with Crippen molar-refractivity contribution in [1.29, 1.82) is 0 Å². The van der Waals surface area contributed by atoms with Gasteiger partial charge in [-0.1, -0.05) is 0 Å². The SMILES string of the molecule is CNC(=O)[C@H]1C[C@@H]2CCN(C(=O)CCS(C)(=O)=O)C[C@@H]2O1. The molecule has 0 bridgehead atoms. The van der Waals surface area contributed by atoms with Gasteiger partial charge in [0.2, 0.25) is 11.8 Å². The highest BCUT2D eigenvalue weighted by molar-refractivity contribution is 7.90. The minimum absolute atomic E-state index is 0.00902. The van der Waals surface area contributed by atoms with Crippen LogP contribution in [-0.2, 0) is 24.2 Å². The van der Waals surface area contributed by atoms with E-state index in [2.05, 4.69) is 5.32 Å². The largest absolute Gasteiger partial charge is 0.363 e. The average molecular weight is 318 g/mol. The Morgan fingerprint density at radius 3 is 2.71 bits per heavy atom. The van der Waals surface area contributed by atoms with E-state index in [4.69, 9.17) is 4.74 Å². The summed E-state index contributed by atoms with van der Waals surface area (Å²) < 4.78 is 27.9. The van der Waals surface area contributed by atoms with Crippen molar-refractivity contribution in [2.24, 2.45) is 5.92 Å². The van der Waals surface area contributed by atoms with Crippen molar-refractivity contribution in [2.45, 2.75) is 31.5 Å². The van der Waals surface area contributed by atoms with Crippen LogP contribution < -0.4 is 5.32 Å². The molecule has 2 fully saturated rings. The summed E-state index contributed by atoms with van der Waals surface area (Å²) in [6, 6.07) is 0. The van der Waals surface area contributed by atoms with Crippen molar-refractivity contribution in [2.75, 3.05) is 32.1 Å². The van der Waals surface area contributed by atoms with Crippen LogP contribution in [0.4, 0.5) is 0 Å². The third kappa shape index (κ3) is 4.16. The maximum Gasteiger partial charge on any atom is 0.248 e. The normalized spacial score (nSPS) is 29.0. The van der Waals surface area contributed by atoms with Crippen molar-refractivity contribution in [3.63, 3.8) is 0 Å². The van der Waals surface area contributed by atoms with E-state index < -0.39 is 15.9 Å². The van der Waals surface area contributed by atoms with Gasteiger partial charge in [0.1, 0.15) is 15.9 Å². The van der Waals surface area contributed by atoms with E-state index in [0.717, 1.165) is 12.7 Å². The zero-order chi connectivity index (χ0) is 15.6. The minimum Gasteiger partial charge on any atom is -0.363 e. The first kappa shape index (κ1) is 16.2. The number of carbonyl (C=O) groups is 2. The summed E-state index contributed by atoms with van der Waals surface area (Å²) in [5, 5.41) is 2.58. The number of sulfone groups is 1. The molecule has 2 aliphatic heterocycles. The molecule has 2 saturated heterocycles. The lowest BCUT2D eigenvalue weighted by molar-refractivity contribution is -0.137. The van der Waals surface area contributed by atoms with Crippen LogP contribution in [0.2, 0.25) is 0 Å². The van der Waals surface area contributed by atoms with Crippen LogP contribution in [0.25, 0.3) is 0 Å². The van der Waals surface area contributed by atoms with E-state index >= 15 is 0 Å². The van der Waals surface area contributed by atoms with Crippen LogP contribution in [-0.4, -0.2) is 69.5 Å². The molecule has 8 heteroatoms. The van der Waals surface area contributed by atoms with E-state index in [-0.39, 0.29) is 30.1 Å². The second-order valence-corrected chi connectivity index (χ2v) is 8.04. The Morgan fingerprint density at radius 2 is 2.10 bits per heavy atom. The highest BCUT2D eigenvalue weighted by Crippen LogP contribution is 2.33. The summed E-state index contributed by atoms with van der Waals surface area (Å²) in [6.45, 7) is 1.05. The molecule has 0 spiro atoms. The van der Waals surface area contributed by atoms with Crippen LogP contribution >= 0.6 is 0 Å². The summed E-state index contributed by atoms with van der Waals surface area (Å²) in [4.78, 5) is 25.3. The standard InChI is InChI=1S/C13H22N2O5S/c1-14-13(17)10-7-9-3-5-15(8-11(9)20-10)12(16)4-6-21(2,18)19/h9-11H,3-8H2,1-2H3,(H,14,17)/t9-,10+,11-/m0/s1. The fraction of sp³-hybridized carbons (Fsp3) is 0.846. The second-order valence-electron chi connectivity index (χ2n) is 5.78. The first-order chi connectivity index (χ1) is 9.80. The van der Waals surface area contributed by atoms with Crippen molar-refractivity contribution in [1.82, 2.24) is 10.2 Å². The lowest BCUT2D eigenvalue weighted by Gasteiger charge is -2.34. The molecular weight excluding hydrogens is 296 g/mol. The molecule has 0 aromatic heterocycles. The number of ether oxygens (including phenoxy) is 1. The van der Waals surface area contributed by atoms with Crippen LogP contribution in [0.5, 0.6) is 0 Å². The molecule has 3 atom stereocenters. The number of fused-ring (bicyclic) bond motifs is 1. The molecule has 0 unspecified atom stereocenters. The number of nitrogens with zero attached hydrogens (tertiary/aromatic N) is 1. The van der Waals surface area contributed by atoms with E-state index in [0.29, 0.717) is 25.4 Å². The van der Waals surface area contributed by atoms with Gasteiger partial charge in [-0.15, -0.1) is 0 Å². The highest BCUT2D eigenvalue weighted by Gasteiger charge is 2.42. The molecule has 2 aliphatic rings. The average Bonchev–Trinajstić information content (AvgIpc) is 2.85. The summed E-state index contributed by atoms with van der Waals surface area (Å²) in [7, 11) is -1.55. The molecule has 0 radical (unpaired) electrons. The maximum atomic E-state index is 12.0. The number of nitrogens with one attached hydrogen (secondary N) is 1. The Labute approximate surface area is 124 Å². The molecule has 2 amide bonds. The van der Waals surface area contributed by atoms with Crippen LogP contribution in [0.1, 0.15) is 19.3 Å². The highest BCUT2D eigenvalue weighted by atomic mass is 32.2. The molecule has 0 aliphatic carbocycles. The Bertz CT molecular complexity index is 519. The van der Waals surface area contributed by atoms with Crippen molar-refractivity contribution < 1.29 is 22.7 Å². The topological polar surface area (TPSA) is 92.8 Å². The molecule has 0 aromatic rings. The summed E-state index contributed by atoms with van der Waals surface area (Å²) in [6.07, 6.45) is 2.06. The molecule has 120 valence electrons. The molecule has 2 rings (SSSR count). The van der Waals surface area contributed by atoms with E-state index in [1.807, 2.05) is 0 Å². The Morgan fingerprint density at radius 1 is 1.38 bits per heavy atom. The van der Waals surface area contributed by atoms with Gasteiger partial charge >= 0.3 is 0 Å². The number of amides is 2. The van der Waals surface area contributed by atoms with E-state index in [9.17, 15) is 18.0 Å². The van der Waals surface area contributed by atoms with Crippen LogP contribution in [0.3, 0.4) is 0 Å². The number of hydrogen-bond donors (Lipinski definition) is 1.